The summed E-state index contributed by atoms with van der Waals surface area (Å²) in [4.78, 5) is 33.8. The van der Waals surface area contributed by atoms with Crippen LogP contribution in [0.5, 0.6) is 0 Å². The van der Waals surface area contributed by atoms with Gasteiger partial charge in [-0.3, -0.25) is 19.3 Å². The van der Waals surface area contributed by atoms with Crippen LogP contribution in [0.3, 0.4) is 0 Å². The van der Waals surface area contributed by atoms with E-state index in [1.807, 2.05) is 0 Å². The first kappa shape index (κ1) is 25.7. The number of halogens is 3. The zero-order chi connectivity index (χ0) is 27.4. The molecule has 5 aromatic rings. The Labute approximate surface area is 225 Å². The maximum atomic E-state index is 14.7. The van der Waals surface area contributed by atoms with E-state index in [9.17, 15) is 18.4 Å². The van der Waals surface area contributed by atoms with Crippen LogP contribution in [0.15, 0.2) is 79.5 Å². The van der Waals surface area contributed by atoms with Gasteiger partial charge in [0.1, 0.15) is 35.8 Å². The van der Waals surface area contributed by atoms with Crippen molar-refractivity contribution in [3.8, 4) is 16.9 Å². The van der Waals surface area contributed by atoms with Crippen molar-refractivity contribution in [2.75, 3.05) is 11.9 Å². The predicted octanol–water partition coefficient (Wildman–Crippen LogP) is 4.14. The fourth-order valence-electron chi connectivity index (χ4n) is 3.74. The Hall–Kier alpha value is -4.97. The van der Waals surface area contributed by atoms with Gasteiger partial charge in [0, 0.05) is 24.4 Å². The van der Waals surface area contributed by atoms with Crippen LogP contribution < -0.4 is 10.6 Å². The van der Waals surface area contributed by atoms with Gasteiger partial charge in [-0.05, 0) is 36.4 Å². The molecule has 0 fully saturated rings. The van der Waals surface area contributed by atoms with Crippen LogP contribution in [0.25, 0.3) is 16.9 Å². The number of nitrogens with one attached hydrogen (secondary N) is 2. The van der Waals surface area contributed by atoms with Crippen LogP contribution in [-0.2, 0) is 6.54 Å². The molecule has 0 bridgehead atoms. The number of benzene rings is 2. The van der Waals surface area contributed by atoms with Gasteiger partial charge in [0.25, 0.3) is 11.8 Å². The average molecular weight is 549 g/mol. The van der Waals surface area contributed by atoms with Crippen molar-refractivity contribution in [2.24, 2.45) is 0 Å². The van der Waals surface area contributed by atoms with E-state index in [1.54, 1.807) is 35.0 Å². The lowest BCUT2D eigenvalue weighted by Gasteiger charge is -2.11. The van der Waals surface area contributed by atoms with E-state index < -0.39 is 23.4 Å². The van der Waals surface area contributed by atoms with E-state index in [0.29, 0.717) is 12.2 Å². The van der Waals surface area contributed by atoms with Gasteiger partial charge < -0.3 is 10.6 Å². The second-order valence-corrected chi connectivity index (χ2v) is 8.58. The number of anilines is 1. The van der Waals surface area contributed by atoms with Crippen molar-refractivity contribution in [1.82, 2.24) is 34.8 Å². The third-order valence-electron chi connectivity index (χ3n) is 5.59. The Morgan fingerprint density at radius 1 is 0.974 bits per heavy atom. The molecule has 0 atom stereocenters. The first-order valence-electron chi connectivity index (χ1n) is 11.6. The largest absolute Gasteiger partial charge is 0.349 e. The van der Waals surface area contributed by atoms with Gasteiger partial charge in [-0.2, -0.15) is 10.2 Å². The maximum absolute atomic E-state index is 14.7. The smallest absolute Gasteiger partial charge is 0.271 e. The molecular formula is C26H19ClF2N8O2. The molecule has 2 amide bonds. The molecule has 2 N–H and O–H groups in total. The van der Waals surface area contributed by atoms with E-state index in [-0.39, 0.29) is 39.9 Å². The highest BCUT2D eigenvalue weighted by Crippen LogP contribution is 2.30. The quantitative estimate of drug-likeness (QED) is 0.301. The summed E-state index contributed by atoms with van der Waals surface area (Å²) in [6, 6.07) is 14.8. The molecule has 39 heavy (non-hydrogen) atoms. The first-order valence-corrected chi connectivity index (χ1v) is 12.0. The SMILES string of the molecule is O=C(NCCn1cncn1)c1cc(NC(=O)c2cc(-c3ncccc3F)c(F)cc2Cl)n(-c2ccccc2)n1. The van der Waals surface area contributed by atoms with Crippen molar-refractivity contribution >= 4 is 29.2 Å². The number of carbonyl (C=O) groups excluding carboxylic acids is 2. The molecule has 3 aromatic heterocycles. The van der Waals surface area contributed by atoms with Gasteiger partial charge in [-0.15, -0.1) is 0 Å². The number of hydrogen-bond donors (Lipinski definition) is 2. The zero-order valence-electron chi connectivity index (χ0n) is 20.1. The number of hydrogen-bond acceptors (Lipinski definition) is 6. The second kappa shape index (κ2) is 11.2. The summed E-state index contributed by atoms with van der Waals surface area (Å²) < 4.78 is 31.9. The summed E-state index contributed by atoms with van der Waals surface area (Å²) in [6.07, 6.45) is 4.22. The second-order valence-electron chi connectivity index (χ2n) is 8.18. The maximum Gasteiger partial charge on any atom is 0.271 e. The number of carbonyl (C=O) groups is 2. The van der Waals surface area contributed by atoms with Gasteiger partial charge in [-0.1, -0.05) is 29.8 Å². The van der Waals surface area contributed by atoms with Crippen LogP contribution in [0.1, 0.15) is 20.8 Å². The van der Waals surface area contributed by atoms with E-state index >= 15 is 0 Å². The minimum Gasteiger partial charge on any atom is -0.349 e. The monoisotopic (exact) mass is 548 g/mol. The molecule has 0 aliphatic heterocycles. The standard InChI is InChI=1S/C26H19ClF2N8O2/c27-19-12-21(29)18(24-20(28)7-4-8-31-24)11-17(19)25(38)34-23-13-22(35-37(23)16-5-2-1-3-6-16)26(39)32-9-10-36-15-30-14-33-36/h1-8,11-15H,9-10H2,(H,32,39)(H,34,38). The Morgan fingerprint density at radius 3 is 2.54 bits per heavy atom. The summed E-state index contributed by atoms with van der Waals surface area (Å²) in [7, 11) is 0. The van der Waals surface area contributed by atoms with Crippen LogP contribution in [0, 0.1) is 11.6 Å². The average Bonchev–Trinajstić information content (AvgIpc) is 3.60. The fourth-order valence-corrected chi connectivity index (χ4v) is 3.98. The van der Waals surface area contributed by atoms with Gasteiger partial charge >= 0.3 is 0 Å². The van der Waals surface area contributed by atoms with E-state index in [1.165, 1.54) is 35.7 Å². The summed E-state index contributed by atoms with van der Waals surface area (Å²) in [6.45, 7) is 0.664. The minimum atomic E-state index is -0.840. The lowest BCUT2D eigenvalue weighted by atomic mass is 10.1. The summed E-state index contributed by atoms with van der Waals surface area (Å²) in [5, 5.41) is 13.6. The number of para-hydroxylation sites is 1. The van der Waals surface area contributed by atoms with Crippen molar-refractivity contribution < 1.29 is 18.4 Å². The number of amides is 2. The Balaban J connectivity index is 1.43. The number of nitrogens with zero attached hydrogens (tertiary/aromatic N) is 6. The molecule has 10 nitrogen and oxygen atoms in total. The van der Waals surface area contributed by atoms with Crippen LogP contribution in [-0.4, -0.2) is 47.9 Å². The highest BCUT2D eigenvalue weighted by atomic mass is 35.5. The number of aromatic nitrogens is 6. The topological polar surface area (TPSA) is 120 Å². The Kier molecular flexibility index (Phi) is 7.37. The van der Waals surface area contributed by atoms with Crippen molar-refractivity contribution in [3.05, 3.63) is 107 Å². The van der Waals surface area contributed by atoms with Crippen molar-refractivity contribution in [2.45, 2.75) is 6.54 Å². The molecule has 3 heterocycles. The fraction of sp³-hybridized carbons (Fsp3) is 0.0769. The highest BCUT2D eigenvalue weighted by molar-refractivity contribution is 6.34. The lowest BCUT2D eigenvalue weighted by Crippen LogP contribution is -2.27. The molecule has 2 aromatic carbocycles. The van der Waals surface area contributed by atoms with Crippen LogP contribution in [0.2, 0.25) is 5.02 Å². The van der Waals surface area contributed by atoms with Gasteiger partial charge in [0.15, 0.2) is 5.69 Å². The van der Waals surface area contributed by atoms with Gasteiger partial charge in [0.2, 0.25) is 0 Å². The zero-order valence-corrected chi connectivity index (χ0v) is 20.8. The molecular weight excluding hydrogens is 530 g/mol. The summed E-state index contributed by atoms with van der Waals surface area (Å²) in [5.41, 5.74) is -0.0190. The van der Waals surface area contributed by atoms with Crippen molar-refractivity contribution in [1.29, 1.82) is 0 Å². The molecule has 0 saturated heterocycles. The molecule has 0 saturated carbocycles. The Bertz CT molecular complexity index is 1640. The molecule has 0 spiro atoms. The molecule has 13 heteroatoms. The number of rotatable bonds is 8. The molecule has 0 aliphatic carbocycles. The predicted molar refractivity (Wildman–Crippen MR) is 138 cm³/mol. The molecule has 0 radical (unpaired) electrons. The Morgan fingerprint density at radius 2 is 1.79 bits per heavy atom. The van der Waals surface area contributed by atoms with Crippen LogP contribution >= 0.6 is 11.6 Å². The van der Waals surface area contributed by atoms with E-state index in [0.717, 1.165) is 18.2 Å². The molecule has 0 unspecified atom stereocenters. The lowest BCUT2D eigenvalue weighted by molar-refractivity contribution is 0.0945. The highest BCUT2D eigenvalue weighted by Gasteiger charge is 2.22. The van der Waals surface area contributed by atoms with E-state index in [4.69, 9.17) is 11.6 Å². The molecule has 5 rings (SSSR count). The van der Waals surface area contributed by atoms with Gasteiger partial charge in [-0.25, -0.2) is 18.4 Å². The van der Waals surface area contributed by atoms with E-state index in [2.05, 4.69) is 30.8 Å². The normalized spacial score (nSPS) is 10.8. The minimum absolute atomic E-state index is 0.0363. The first-order chi connectivity index (χ1) is 18.9. The van der Waals surface area contributed by atoms with Gasteiger partial charge in [0.05, 0.1) is 22.8 Å². The number of pyridine rings is 1. The third-order valence-corrected chi connectivity index (χ3v) is 5.91. The summed E-state index contributed by atoms with van der Waals surface area (Å²) in [5.74, 6) is -2.65. The third kappa shape index (κ3) is 5.65. The van der Waals surface area contributed by atoms with Crippen LogP contribution in [0.4, 0.5) is 14.6 Å². The molecule has 0 aliphatic rings. The molecule has 196 valence electrons. The summed E-state index contributed by atoms with van der Waals surface area (Å²) >= 11 is 6.19. The van der Waals surface area contributed by atoms with Crippen molar-refractivity contribution in [3.63, 3.8) is 0 Å².